The van der Waals surface area contributed by atoms with Gasteiger partial charge in [0.1, 0.15) is 5.75 Å². The van der Waals surface area contributed by atoms with Crippen LogP contribution in [0.1, 0.15) is 16.7 Å². The number of halogens is 1. The van der Waals surface area contributed by atoms with Crippen LogP contribution in [0.3, 0.4) is 0 Å². The van der Waals surface area contributed by atoms with Crippen LogP contribution in [0.5, 0.6) is 5.75 Å². The van der Waals surface area contributed by atoms with Crippen LogP contribution >= 0.6 is 15.9 Å². The van der Waals surface area contributed by atoms with Crippen molar-refractivity contribution in [1.82, 2.24) is 4.90 Å². The monoisotopic (exact) mass is 346 g/mol. The first-order valence-corrected chi connectivity index (χ1v) is 7.55. The van der Waals surface area contributed by atoms with Gasteiger partial charge in [0.15, 0.2) is 0 Å². The number of hydrogen-bond acceptors (Lipinski definition) is 3. The molecule has 2 aromatic carbocycles. The van der Waals surface area contributed by atoms with E-state index in [1.54, 1.807) is 18.3 Å². The van der Waals surface area contributed by atoms with Gasteiger partial charge in [0.05, 0.1) is 6.54 Å². The van der Waals surface area contributed by atoms with E-state index in [0.29, 0.717) is 12.1 Å². The molecular formula is C17H19BrN2O. The summed E-state index contributed by atoms with van der Waals surface area (Å²) in [4.78, 5) is 6.53. The Morgan fingerprint density at radius 2 is 1.76 bits per heavy atom. The average Bonchev–Trinajstić information content (AvgIpc) is 2.44. The third-order valence-electron chi connectivity index (χ3n) is 3.02. The van der Waals surface area contributed by atoms with Crippen molar-refractivity contribution in [3.8, 4) is 5.75 Å². The van der Waals surface area contributed by atoms with Crippen LogP contribution in [0.4, 0.5) is 0 Å². The minimum atomic E-state index is 0.239. The summed E-state index contributed by atoms with van der Waals surface area (Å²) in [7, 11) is 4.12. The molecule has 0 aliphatic carbocycles. The third-order valence-corrected chi connectivity index (χ3v) is 3.51. The Labute approximate surface area is 134 Å². The molecule has 0 amide bonds. The van der Waals surface area contributed by atoms with E-state index < -0.39 is 0 Å². The molecule has 0 radical (unpaired) electrons. The number of hydrogen-bond donors (Lipinski definition) is 1. The highest BCUT2D eigenvalue weighted by molar-refractivity contribution is 9.10. The van der Waals surface area contributed by atoms with Gasteiger partial charge >= 0.3 is 0 Å². The van der Waals surface area contributed by atoms with Gasteiger partial charge in [-0.2, -0.15) is 0 Å². The van der Waals surface area contributed by atoms with E-state index in [-0.39, 0.29) is 5.75 Å². The van der Waals surface area contributed by atoms with Crippen molar-refractivity contribution >= 4 is 22.1 Å². The Bertz CT molecular complexity index is 621. The number of rotatable bonds is 5. The van der Waals surface area contributed by atoms with Gasteiger partial charge in [-0.15, -0.1) is 0 Å². The maximum absolute atomic E-state index is 9.74. The highest BCUT2D eigenvalue weighted by atomic mass is 79.9. The molecule has 2 rings (SSSR count). The number of aliphatic imine (C=N–C) groups is 1. The predicted octanol–water partition coefficient (Wildman–Crippen LogP) is 3.84. The molecule has 4 heteroatoms. The molecule has 0 atom stereocenters. The van der Waals surface area contributed by atoms with Gasteiger partial charge in [-0.05, 0) is 43.4 Å². The molecule has 1 N–H and O–H groups in total. The Balaban J connectivity index is 1.99. The van der Waals surface area contributed by atoms with E-state index >= 15 is 0 Å². The lowest BCUT2D eigenvalue weighted by Gasteiger charge is -2.09. The van der Waals surface area contributed by atoms with Gasteiger partial charge in [0, 0.05) is 22.8 Å². The molecule has 0 saturated heterocycles. The maximum Gasteiger partial charge on any atom is 0.124 e. The number of nitrogens with zero attached hydrogens (tertiary/aromatic N) is 2. The smallest absolute Gasteiger partial charge is 0.124 e. The number of benzene rings is 2. The molecule has 0 aromatic heterocycles. The zero-order valence-corrected chi connectivity index (χ0v) is 13.8. The molecule has 110 valence electrons. The number of phenolic OH excluding ortho intramolecular Hbond substituents is 1. The second-order valence-electron chi connectivity index (χ2n) is 5.23. The topological polar surface area (TPSA) is 35.8 Å². The molecule has 0 heterocycles. The van der Waals surface area contributed by atoms with Crippen LogP contribution in [-0.4, -0.2) is 30.3 Å². The van der Waals surface area contributed by atoms with Crippen molar-refractivity contribution in [3.05, 3.63) is 63.6 Å². The summed E-state index contributed by atoms with van der Waals surface area (Å²) in [6, 6.07) is 13.7. The van der Waals surface area contributed by atoms with Gasteiger partial charge < -0.3 is 10.0 Å². The summed E-state index contributed by atoms with van der Waals surface area (Å²) in [5.74, 6) is 0.239. The minimum absolute atomic E-state index is 0.239. The molecule has 0 fully saturated rings. The van der Waals surface area contributed by atoms with Crippen molar-refractivity contribution in [2.45, 2.75) is 13.1 Å². The van der Waals surface area contributed by atoms with Crippen LogP contribution in [-0.2, 0) is 13.1 Å². The van der Waals surface area contributed by atoms with E-state index in [4.69, 9.17) is 0 Å². The Morgan fingerprint density at radius 3 is 2.43 bits per heavy atom. The van der Waals surface area contributed by atoms with Crippen LogP contribution in [0.15, 0.2) is 51.9 Å². The standard InChI is InChI=1S/C17H19BrN2O/c1-20(2)12-14-5-3-13(4-6-14)10-19-11-15-9-16(18)7-8-17(15)21/h3-9,11,21H,10,12H2,1-2H3. The second kappa shape index (κ2) is 7.38. The fourth-order valence-electron chi connectivity index (χ4n) is 1.99. The highest BCUT2D eigenvalue weighted by Crippen LogP contribution is 2.20. The van der Waals surface area contributed by atoms with Gasteiger partial charge in [0.2, 0.25) is 0 Å². The molecule has 0 saturated carbocycles. The summed E-state index contributed by atoms with van der Waals surface area (Å²) >= 11 is 3.38. The lowest BCUT2D eigenvalue weighted by Crippen LogP contribution is -2.10. The fraction of sp³-hybridized carbons (Fsp3) is 0.235. The first-order valence-electron chi connectivity index (χ1n) is 6.75. The van der Waals surface area contributed by atoms with Gasteiger partial charge in [-0.3, -0.25) is 4.99 Å². The normalized spacial score (nSPS) is 11.4. The zero-order valence-electron chi connectivity index (χ0n) is 12.3. The fourth-order valence-corrected chi connectivity index (χ4v) is 2.37. The van der Waals surface area contributed by atoms with Gasteiger partial charge in [-0.25, -0.2) is 0 Å². The molecule has 0 aliphatic heterocycles. The lowest BCUT2D eigenvalue weighted by molar-refractivity contribution is 0.402. The summed E-state index contributed by atoms with van der Waals surface area (Å²) in [6.45, 7) is 1.55. The quantitative estimate of drug-likeness (QED) is 0.835. The molecule has 0 bridgehead atoms. The van der Waals surface area contributed by atoms with Crippen LogP contribution in [0, 0.1) is 0 Å². The minimum Gasteiger partial charge on any atom is -0.507 e. The number of phenols is 1. The van der Waals surface area contributed by atoms with Crippen LogP contribution in [0.2, 0.25) is 0 Å². The Hall–Kier alpha value is -1.65. The Morgan fingerprint density at radius 1 is 1.10 bits per heavy atom. The first kappa shape index (κ1) is 15.7. The molecular weight excluding hydrogens is 328 g/mol. The summed E-state index contributed by atoms with van der Waals surface area (Å²) < 4.78 is 0.926. The zero-order chi connectivity index (χ0) is 15.2. The highest BCUT2D eigenvalue weighted by Gasteiger charge is 1.99. The van der Waals surface area contributed by atoms with Crippen molar-refractivity contribution in [2.24, 2.45) is 4.99 Å². The molecule has 0 spiro atoms. The lowest BCUT2D eigenvalue weighted by atomic mass is 10.1. The first-order chi connectivity index (χ1) is 10.0. The van der Waals surface area contributed by atoms with E-state index in [1.807, 2.05) is 6.07 Å². The summed E-state index contributed by atoms with van der Waals surface area (Å²) in [6.07, 6.45) is 1.70. The third kappa shape index (κ3) is 4.99. The largest absolute Gasteiger partial charge is 0.507 e. The molecule has 2 aromatic rings. The average molecular weight is 347 g/mol. The van der Waals surface area contributed by atoms with Crippen LogP contribution in [0.25, 0.3) is 0 Å². The van der Waals surface area contributed by atoms with Crippen LogP contribution < -0.4 is 0 Å². The SMILES string of the molecule is CN(C)Cc1ccc(CN=Cc2cc(Br)ccc2O)cc1. The Kier molecular flexibility index (Phi) is 5.53. The molecule has 0 unspecified atom stereocenters. The van der Waals surface area contributed by atoms with Gasteiger partial charge in [0.25, 0.3) is 0 Å². The van der Waals surface area contributed by atoms with E-state index in [1.165, 1.54) is 5.56 Å². The molecule has 0 aliphatic rings. The molecule has 3 nitrogen and oxygen atoms in total. The summed E-state index contributed by atoms with van der Waals surface area (Å²) in [5.41, 5.74) is 3.16. The van der Waals surface area contributed by atoms with Crippen molar-refractivity contribution in [2.75, 3.05) is 14.1 Å². The maximum atomic E-state index is 9.74. The summed E-state index contributed by atoms with van der Waals surface area (Å²) in [5, 5.41) is 9.74. The van der Waals surface area contributed by atoms with Crippen molar-refractivity contribution in [3.63, 3.8) is 0 Å². The van der Waals surface area contributed by atoms with E-state index in [0.717, 1.165) is 16.6 Å². The van der Waals surface area contributed by atoms with Crippen molar-refractivity contribution < 1.29 is 5.11 Å². The van der Waals surface area contributed by atoms with Crippen molar-refractivity contribution in [1.29, 1.82) is 0 Å². The predicted molar refractivity (Wildman–Crippen MR) is 90.9 cm³/mol. The second-order valence-corrected chi connectivity index (χ2v) is 6.14. The number of aromatic hydroxyl groups is 1. The molecule has 21 heavy (non-hydrogen) atoms. The van der Waals surface area contributed by atoms with E-state index in [2.05, 4.69) is 64.2 Å². The van der Waals surface area contributed by atoms with Gasteiger partial charge in [-0.1, -0.05) is 40.2 Å². The van der Waals surface area contributed by atoms with E-state index in [9.17, 15) is 5.11 Å².